The monoisotopic (exact) mass is 1100 g/mol. The van der Waals surface area contributed by atoms with Gasteiger partial charge in [0.25, 0.3) is 0 Å². The number of rotatable bonds is 12. The molecule has 0 aromatic heterocycles. The number of aliphatic hydroxyl groups is 13. The van der Waals surface area contributed by atoms with Gasteiger partial charge in [0.15, 0.2) is 31.3 Å². The van der Waals surface area contributed by atoms with Crippen LogP contribution in [0.5, 0.6) is 0 Å². The second-order valence-electron chi connectivity index (χ2n) is 26.5. The molecular formula is C54H88O23. The molecule has 29 atom stereocenters. The summed E-state index contributed by atoms with van der Waals surface area (Å²) in [5.74, 6) is -1.39. The van der Waals surface area contributed by atoms with E-state index in [9.17, 15) is 76.3 Å². The fraction of sp³-hybridized carbons (Fsp3) is 0.944. The van der Waals surface area contributed by atoms with Gasteiger partial charge >= 0.3 is 5.97 Å². The Labute approximate surface area is 449 Å². The number of aliphatic carboxylic acids is 1. The summed E-state index contributed by atoms with van der Waals surface area (Å²) >= 11 is 0. The van der Waals surface area contributed by atoms with Crippen LogP contribution in [0.15, 0.2) is 11.6 Å². The van der Waals surface area contributed by atoms with E-state index in [2.05, 4.69) is 54.5 Å². The van der Waals surface area contributed by atoms with Crippen LogP contribution in [0.25, 0.3) is 0 Å². The lowest BCUT2D eigenvalue weighted by molar-refractivity contribution is -0.391. The first-order valence-corrected chi connectivity index (χ1v) is 27.8. The van der Waals surface area contributed by atoms with E-state index in [1.54, 1.807) is 0 Å². The molecule has 4 saturated heterocycles. The zero-order valence-corrected chi connectivity index (χ0v) is 45.4. The topological polar surface area (TPSA) is 374 Å². The number of hydrogen-bond donors (Lipinski definition) is 14. The molecular weight excluding hydrogens is 1020 g/mol. The molecule has 0 radical (unpaired) electrons. The Morgan fingerprint density at radius 3 is 1.84 bits per heavy atom. The van der Waals surface area contributed by atoms with Gasteiger partial charge in [0.1, 0.15) is 85.5 Å². The van der Waals surface area contributed by atoms with E-state index in [1.807, 2.05) is 0 Å². The molecule has 23 heteroatoms. The van der Waals surface area contributed by atoms with Crippen LogP contribution in [-0.2, 0) is 42.7 Å². The molecule has 0 unspecified atom stereocenters. The van der Waals surface area contributed by atoms with Gasteiger partial charge in [-0.25, -0.2) is 4.79 Å². The third-order valence-electron chi connectivity index (χ3n) is 21.5. The van der Waals surface area contributed by atoms with Crippen molar-refractivity contribution in [3.8, 4) is 0 Å². The third kappa shape index (κ3) is 9.80. The van der Waals surface area contributed by atoms with Gasteiger partial charge < -0.3 is 109 Å². The third-order valence-corrected chi connectivity index (χ3v) is 21.5. The van der Waals surface area contributed by atoms with E-state index in [4.69, 9.17) is 37.9 Å². The molecule has 4 aliphatic heterocycles. The molecule has 0 amide bonds. The van der Waals surface area contributed by atoms with Crippen LogP contribution in [0.4, 0.5) is 0 Å². The van der Waals surface area contributed by atoms with Crippen molar-refractivity contribution < 1.29 is 114 Å². The number of carboxylic acid groups (broad SMARTS) is 1. The molecule has 4 heterocycles. The standard InChI is InChI=1S/C54H88O23/c1-22-31(58)34(61)38(65)46(71-22)76-42-40(67)41(75-47-39(66)36(63)33(60)26(73-47)20-70-45-37(64)35(62)32(59)25(19-55)72-45)43(44(68)69)77-48(42)74-30-12-13-51(6)27(50(30,4)5)11-14-52(7)28(51)10-9-23-24-17-49(2,3)15-16-54(24,21-56)29(57)18-53(23,52)8/h9,22,24-43,45-48,55-67H,10-21H2,1-8H3,(H,68,69)/t22-,24-,25+,26+,27-,28+,29+,30-,31-,32+,33-,34+,35-,36-,37+,38+,39+,40-,41+,42+,43-,45+,46-,47-,48+,51-,52+,53+,54+/m0/s1. The molecule has 0 aromatic carbocycles. The molecule has 9 aliphatic rings. The highest BCUT2D eigenvalue weighted by Crippen LogP contribution is 2.76. The number of fused-ring (bicyclic) bond motifs is 7. The predicted octanol–water partition coefficient (Wildman–Crippen LogP) is -1.47. The van der Waals surface area contributed by atoms with Crippen molar-refractivity contribution in [1.29, 1.82) is 0 Å². The van der Waals surface area contributed by atoms with Crippen LogP contribution in [0.1, 0.15) is 113 Å². The zero-order chi connectivity index (χ0) is 56.4. The molecule has 0 spiro atoms. The lowest BCUT2D eigenvalue weighted by Gasteiger charge is -2.72. The molecule has 0 bridgehead atoms. The summed E-state index contributed by atoms with van der Waals surface area (Å²) in [5.41, 5.74) is -0.601. The fourth-order valence-corrected chi connectivity index (χ4v) is 16.5. The zero-order valence-electron chi connectivity index (χ0n) is 45.4. The van der Waals surface area contributed by atoms with Gasteiger partial charge in [-0.3, -0.25) is 0 Å². The van der Waals surface area contributed by atoms with Gasteiger partial charge in [-0.1, -0.05) is 60.1 Å². The van der Waals surface area contributed by atoms with Crippen LogP contribution in [0, 0.1) is 50.2 Å². The van der Waals surface area contributed by atoms with Gasteiger partial charge in [0, 0.05) is 5.41 Å². The maximum Gasteiger partial charge on any atom is 0.335 e. The lowest BCUT2D eigenvalue weighted by Crippen LogP contribution is -2.69. The van der Waals surface area contributed by atoms with Gasteiger partial charge in [-0.15, -0.1) is 0 Å². The molecule has 442 valence electrons. The van der Waals surface area contributed by atoms with Crippen LogP contribution in [0.2, 0.25) is 0 Å². The number of carbonyl (C=O) groups is 1. The molecule has 77 heavy (non-hydrogen) atoms. The SMILES string of the molecule is C[C@@H]1O[C@@H](O[C@H]2[C@H](O[C@H]3CC[C@]4(C)[C@H]5CC=C6[C@@H]7CC(C)(C)CC[C@]7(CO)[C@H](O)C[C@@]6(C)[C@]5(C)CC[C@H]4C3(C)C)O[C@H](C(=O)O)[C@H](O[C@@H]3O[C@H](CO[C@@H]4O[C@H](CO)[C@@H](O)[C@H](O)[C@H]4O)[C@H](O)[C@H](O)[C@H]3O)[C@@H]2O)[C@H](O)[C@H](O)[C@H]1O. The highest BCUT2D eigenvalue weighted by Gasteiger charge is 2.70. The Kier molecular flexibility index (Phi) is 16.8. The van der Waals surface area contributed by atoms with E-state index in [-0.39, 0.29) is 46.0 Å². The van der Waals surface area contributed by atoms with E-state index in [0.29, 0.717) is 19.3 Å². The first-order valence-electron chi connectivity index (χ1n) is 27.8. The molecule has 4 saturated carbocycles. The summed E-state index contributed by atoms with van der Waals surface area (Å²) in [6.45, 7) is 15.7. The van der Waals surface area contributed by atoms with E-state index in [0.717, 1.165) is 38.5 Å². The van der Waals surface area contributed by atoms with Crippen molar-refractivity contribution in [2.45, 2.75) is 248 Å². The van der Waals surface area contributed by atoms with Crippen molar-refractivity contribution in [2.24, 2.45) is 50.2 Å². The maximum atomic E-state index is 13.3. The van der Waals surface area contributed by atoms with E-state index < -0.39 is 165 Å². The Morgan fingerprint density at radius 2 is 1.21 bits per heavy atom. The van der Waals surface area contributed by atoms with Gasteiger partial charge in [-0.05, 0) is 110 Å². The van der Waals surface area contributed by atoms with Crippen LogP contribution in [-0.4, -0.2) is 232 Å². The second kappa shape index (κ2) is 21.5. The van der Waals surface area contributed by atoms with Crippen molar-refractivity contribution in [2.75, 3.05) is 19.8 Å². The number of aliphatic hydroxyl groups excluding tert-OH is 13. The summed E-state index contributed by atoms with van der Waals surface area (Å²) in [6.07, 6.45) is -28.2. The normalized spacial score (nSPS) is 54.5. The van der Waals surface area contributed by atoms with Gasteiger partial charge in [0.05, 0.1) is 38.1 Å². The Bertz CT molecular complexity index is 2130. The fourth-order valence-electron chi connectivity index (χ4n) is 16.5. The van der Waals surface area contributed by atoms with Crippen molar-refractivity contribution in [1.82, 2.24) is 0 Å². The summed E-state index contributed by atoms with van der Waals surface area (Å²) in [6, 6.07) is 0. The molecule has 9 rings (SSSR count). The first kappa shape index (κ1) is 60.0. The van der Waals surface area contributed by atoms with Crippen molar-refractivity contribution in [3.05, 3.63) is 11.6 Å². The summed E-state index contributed by atoms with van der Waals surface area (Å²) < 4.78 is 47.8. The van der Waals surface area contributed by atoms with E-state index >= 15 is 0 Å². The number of carboxylic acids is 1. The van der Waals surface area contributed by atoms with Gasteiger partial charge in [0.2, 0.25) is 0 Å². The second-order valence-corrected chi connectivity index (χ2v) is 26.5. The van der Waals surface area contributed by atoms with Crippen molar-refractivity contribution in [3.63, 3.8) is 0 Å². The summed E-state index contributed by atoms with van der Waals surface area (Å²) in [7, 11) is 0. The quantitative estimate of drug-likeness (QED) is 0.0783. The van der Waals surface area contributed by atoms with E-state index in [1.165, 1.54) is 12.5 Å². The van der Waals surface area contributed by atoms with Crippen LogP contribution >= 0.6 is 0 Å². The largest absolute Gasteiger partial charge is 0.479 e. The average molecular weight is 1110 g/mol. The van der Waals surface area contributed by atoms with Crippen molar-refractivity contribution >= 4 is 5.97 Å². The molecule has 8 fully saturated rings. The minimum Gasteiger partial charge on any atom is -0.479 e. The summed E-state index contributed by atoms with van der Waals surface area (Å²) in [4.78, 5) is 13.3. The molecule has 14 N–H and O–H groups in total. The maximum absolute atomic E-state index is 13.3. The van der Waals surface area contributed by atoms with Gasteiger partial charge in [-0.2, -0.15) is 0 Å². The van der Waals surface area contributed by atoms with Crippen LogP contribution in [0.3, 0.4) is 0 Å². The first-order chi connectivity index (χ1) is 35.9. The predicted molar refractivity (Wildman–Crippen MR) is 263 cm³/mol. The Morgan fingerprint density at radius 1 is 0.610 bits per heavy atom. The smallest absolute Gasteiger partial charge is 0.335 e. The molecule has 0 aromatic rings. The number of hydrogen-bond acceptors (Lipinski definition) is 22. The molecule has 5 aliphatic carbocycles. The number of allylic oxidation sites excluding steroid dienone is 2. The highest BCUT2D eigenvalue weighted by atomic mass is 16.8. The lowest BCUT2D eigenvalue weighted by atomic mass is 9.33. The Balaban J connectivity index is 0.970. The Hall–Kier alpha value is -1.63. The minimum absolute atomic E-state index is 0.0357. The average Bonchev–Trinajstić information content (AvgIpc) is 3.45. The number of ether oxygens (including phenoxy) is 8. The highest BCUT2D eigenvalue weighted by molar-refractivity contribution is 5.73. The summed E-state index contributed by atoms with van der Waals surface area (Å²) in [5, 5.41) is 153. The minimum atomic E-state index is -2.11. The molecule has 23 nitrogen and oxygen atoms in total. The van der Waals surface area contributed by atoms with Crippen LogP contribution < -0.4 is 0 Å².